The zero-order valence-electron chi connectivity index (χ0n) is 9.89. The fourth-order valence-electron chi connectivity index (χ4n) is 1.44. The second-order valence-electron chi connectivity index (χ2n) is 3.64. The van der Waals surface area contributed by atoms with Crippen molar-refractivity contribution in [2.45, 2.75) is 25.8 Å². The summed E-state index contributed by atoms with van der Waals surface area (Å²) in [6.07, 6.45) is 3.56. The minimum absolute atomic E-state index is 0. The molecule has 0 aliphatic rings. The van der Waals surface area contributed by atoms with Gasteiger partial charge in [-0.3, -0.25) is 4.79 Å². The molecule has 0 fully saturated rings. The van der Waals surface area contributed by atoms with E-state index >= 15 is 0 Å². The number of hydrogen-bond donors (Lipinski definition) is 1. The van der Waals surface area contributed by atoms with E-state index in [4.69, 9.17) is 10.5 Å². The van der Waals surface area contributed by atoms with Crippen molar-refractivity contribution in [3.8, 4) is 5.75 Å². The van der Waals surface area contributed by atoms with Gasteiger partial charge in [0.2, 0.25) is 0 Å². The van der Waals surface area contributed by atoms with E-state index in [0.29, 0.717) is 5.75 Å². The normalized spacial score (nSPS) is 11.2. The average molecular weight is 256 g/mol. The number of esters is 1. The van der Waals surface area contributed by atoms with Gasteiger partial charge in [-0.15, -0.1) is 19.0 Å². The molecule has 1 atom stereocenters. The zero-order valence-corrected chi connectivity index (χ0v) is 10.7. The van der Waals surface area contributed by atoms with Gasteiger partial charge in [0.05, 0.1) is 0 Å². The van der Waals surface area contributed by atoms with Gasteiger partial charge in [0.25, 0.3) is 0 Å². The molecule has 0 heterocycles. The van der Waals surface area contributed by atoms with E-state index in [9.17, 15) is 4.79 Å². The average Bonchev–Trinajstić information content (AvgIpc) is 2.25. The molecule has 0 spiro atoms. The third-order valence-corrected chi connectivity index (χ3v) is 2.23. The molecule has 0 aliphatic heterocycles. The van der Waals surface area contributed by atoms with Crippen LogP contribution in [-0.2, 0) is 4.79 Å². The highest BCUT2D eigenvalue weighted by molar-refractivity contribution is 5.85. The highest BCUT2D eigenvalue weighted by atomic mass is 35.5. The largest absolute Gasteiger partial charge is 0.427 e. The fourth-order valence-corrected chi connectivity index (χ4v) is 1.44. The predicted octanol–water partition coefficient (Wildman–Crippen LogP) is 3.00. The molecule has 3 nitrogen and oxygen atoms in total. The molecule has 0 amide bonds. The van der Waals surface area contributed by atoms with Gasteiger partial charge in [-0.2, -0.15) is 0 Å². The number of halogens is 1. The van der Waals surface area contributed by atoms with Gasteiger partial charge in [-0.05, 0) is 30.5 Å². The summed E-state index contributed by atoms with van der Waals surface area (Å²) in [4.78, 5) is 10.8. The lowest BCUT2D eigenvalue weighted by atomic mass is 10.0. The molecular weight excluding hydrogens is 238 g/mol. The first-order chi connectivity index (χ1) is 7.63. The van der Waals surface area contributed by atoms with Crippen molar-refractivity contribution >= 4 is 18.4 Å². The number of benzene rings is 1. The summed E-state index contributed by atoms with van der Waals surface area (Å²) < 4.78 is 4.99. The first-order valence-corrected chi connectivity index (χ1v) is 5.28. The molecule has 0 saturated heterocycles. The molecule has 0 radical (unpaired) electrons. The van der Waals surface area contributed by atoms with Crippen LogP contribution in [0.25, 0.3) is 0 Å². The maximum atomic E-state index is 10.8. The van der Waals surface area contributed by atoms with E-state index in [1.165, 1.54) is 6.92 Å². The molecule has 1 aromatic rings. The highest BCUT2D eigenvalue weighted by Crippen LogP contribution is 2.21. The lowest BCUT2D eigenvalue weighted by Gasteiger charge is -2.11. The Labute approximate surface area is 108 Å². The van der Waals surface area contributed by atoms with Gasteiger partial charge in [0.1, 0.15) is 5.75 Å². The topological polar surface area (TPSA) is 52.3 Å². The summed E-state index contributed by atoms with van der Waals surface area (Å²) in [5, 5.41) is 0. The fraction of sp³-hybridized carbons (Fsp3) is 0.308. The molecule has 2 N–H and O–H groups in total. The van der Waals surface area contributed by atoms with Crippen LogP contribution in [-0.4, -0.2) is 5.97 Å². The van der Waals surface area contributed by atoms with E-state index < -0.39 is 0 Å². The summed E-state index contributed by atoms with van der Waals surface area (Å²) in [6.45, 7) is 5.04. The van der Waals surface area contributed by atoms with Crippen molar-refractivity contribution in [3.63, 3.8) is 0 Å². The van der Waals surface area contributed by atoms with Crippen LogP contribution in [0.4, 0.5) is 0 Å². The Morgan fingerprint density at radius 3 is 2.88 bits per heavy atom. The number of ether oxygens (including phenoxy) is 1. The molecule has 0 unspecified atom stereocenters. The van der Waals surface area contributed by atoms with Gasteiger partial charge in [-0.25, -0.2) is 0 Å². The van der Waals surface area contributed by atoms with Gasteiger partial charge >= 0.3 is 5.97 Å². The van der Waals surface area contributed by atoms with Crippen LogP contribution in [0.15, 0.2) is 36.9 Å². The third-order valence-electron chi connectivity index (χ3n) is 2.23. The van der Waals surface area contributed by atoms with Crippen molar-refractivity contribution in [1.82, 2.24) is 0 Å². The number of allylic oxidation sites excluding steroid dienone is 1. The van der Waals surface area contributed by atoms with Crippen molar-refractivity contribution < 1.29 is 9.53 Å². The van der Waals surface area contributed by atoms with Gasteiger partial charge in [0.15, 0.2) is 0 Å². The van der Waals surface area contributed by atoms with Gasteiger partial charge in [-0.1, -0.05) is 18.2 Å². The van der Waals surface area contributed by atoms with Crippen LogP contribution in [0.5, 0.6) is 5.75 Å². The van der Waals surface area contributed by atoms with E-state index in [1.54, 1.807) is 12.1 Å². The number of carbonyl (C=O) groups excluding carboxylic acids is 1. The maximum Gasteiger partial charge on any atom is 0.308 e. The molecule has 0 aliphatic carbocycles. The minimum Gasteiger partial charge on any atom is -0.427 e. The molecular formula is C13H18ClNO2. The Morgan fingerprint density at radius 1 is 1.59 bits per heavy atom. The second-order valence-corrected chi connectivity index (χ2v) is 3.64. The van der Waals surface area contributed by atoms with Gasteiger partial charge < -0.3 is 10.5 Å². The lowest BCUT2D eigenvalue weighted by Crippen LogP contribution is -2.10. The first-order valence-electron chi connectivity index (χ1n) is 5.28. The number of rotatable bonds is 5. The molecule has 0 aromatic heterocycles. The molecule has 1 aromatic carbocycles. The third kappa shape index (κ3) is 5.52. The summed E-state index contributed by atoms with van der Waals surface area (Å²) in [5.74, 6) is 0.218. The smallest absolute Gasteiger partial charge is 0.308 e. The standard InChI is InChI=1S/C13H17NO2.ClH/c1-3-4-8-13(14)11-6-5-7-12(9-11)16-10(2)15;/h3,5-7,9,13H,1,4,8,14H2,2H3;1H/t13-;/m1./s1. The first kappa shape index (κ1) is 15.7. The molecule has 0 saturated carbocycles. The van der Waals surface area contributed by atoms with Crippen molar-refractivity contribution in [2.75, 3.05) is 0 Å². The van der Waals surface area contributed by atoms with Gasteiger partial charge in [0, 0.05) is 13.0 Å². The van der Waals surface area contributed by atoms with E-state index in [2.05, 4.69) is 6.58 Å². The van der Waals surface area contributed by atoms with Crippen LogP contribution >= 0.6 is 12.4 Å². The summed E-state index contributed by atoms with van der Waals surface area (Å²) in [5.41, 5.74) is 6.97. The summed E-state index contributed by atoms with van der Waals surface area (Å²) >= 11 is 0. The van der Waals surface area contributed by atoms with Crippen molar-refractivity contribution in [1.29, 1.82) is 0 Å². The maximum absolute atomic E-state index is 10.8. The number of hydrogen-bond acceptors (Lipinski definition) is 3. The quantitative estimate of drug-likeness (QED) is 0.500. The van der Waals surface area contributed by atoms with Crippen LogP contribution < -0.4 is 10.5 Å². The molecule has 4 heteroatoms. The molecule has 17 heavy (non-hydrogen) atoms. The predicted molar refractivity (Wildman–Crippen MR) is 71.4 cm³/mol. The Hall–Kier alpha value is -1.32. The van der Waals surface area contributed by atoms with Crippen molar-refractivity contribution in [3.05, 3.63) is 42.5 Å². The highest BCUT2D eigenvalue weighted by Gasteiger charge is 2.06. The summed E-state index contributed by atoms with van der Waals surface area (Å²) in [6, 6.07) is 7.26. The number of carbonyl (C=O) groups is 1. The van der Waals surface area contributed by atoms with Crippen LogP contribution in [0.2, 0.25) is 0 Å². The monoisotopic (exact) mass is 255 g/mol. The minimum atomic E-state index is -0.322. The SMILES string of the molecule is C=CCC[C@@H](N)c1cccc(OC(C)=O)c1.Cl. The van der Waals surface area contributed by atoms with Crippen LogP contribution in [0, 0.1) is 0 Å². The summed E-state index contributed by atoms with van der Waals surface area (Å²) in [7, 11) is 0. The molecule has 0 bridgehead atoms. The zero-order chi connectivity index (χ0) is 12.0. The van der Waals surface area contributed by atoms with Crippen LogP contribution in [0.1, 0.15) is 31.4 Å². The second kappa shape index (κ2) is 7.87. The Bertz CT molecular complexity index is 379. The van der Waals surface area contributed by atoms with E-state index in [-0.39, 0.29) is 24.4 Å². The Kier molecular flexibility index (Phi) is 7.26. The van der Waals surface area contributed by atoms with E-state index in [0.717, 1.165) is 18.4 Å². The van der Waals surface area contributed by atoms with E-state index in [1.807, 2.05) is 18.2 Å². The van der Waals surface area contributed by atoms with Crippen LogP contribution in [0.3, 0.4) is 0 Å². The lowest BCUT2D eigenvalue weighted by molar-refractivity contribution is -0.131. The molecule has 94 valence electrons. The Balaban J connectivity index is 0.00000256. The number of nitrogens with two attached hydrogens (primary N) is 1. The van der Waals surface area contributed by atoms with Crippen molar-refractivity contribution in [2.24, 2.45) is 5.73 Å². The Morgan fingerprint density at radius 2 is 2.29 bits per heavy atom. The molecule has 1 rings (SSSR count).